The first-order valence-corrected chi connectivity index (χ1v) is 6.97. The van der Waals surface area contributed by atoms with Gasteiger partial charge < -0.3 is 14.9 Å². The van der Waals surface area contributed by atoms with Crippen LogP contribution in [0.2, 0.25) is 0 Å². The predicted molar refractivity (Wildman–Crippen MR) is 78.4 cm³/mol. The van der Waals surface area contributed by atoms with E-state index < -0.39 is 6.10 Å². The Morgan fingerprint density at radius 2 is 2.00 bits per heavy atom. The first-order valence-electron chi connectivity index (χ1n) is 6.97. The molecule has 0 radical (unpaired) electrons. The summed E-state index contributed by atoms with van der Waals surface area (Å²) in [6.07, 6.45) is 5.15. The standard InChI is InChI=1S/C15H25N3O/c1-12(19)13-6-7-14(16-10-13)18(4)11-15(17(2)3)8-5-9-15/h6-7,10,12,19H,5,8-9,11H2,1-4H3. The summed E-state index contributed by atoms with van der Waals surface area (Å²) in [7, 11) is 6.42. The molecule has 1 saturated carbocycles. The Morgan fingerprint density at radius 1 is 1.32 bits per heavy atom. The lowest BCUT2D eigenvalue weighted by Gasteiger charge is -2.49. The zero-order chi connectivity index (χ0) is 14.0. The maximum absolute atomic E-state index is 9.50. The van der Waals surface area contributed by atoms with E-state index in [9.17, 15) is 5.11 Å². The van der Waals surface area contributed by atoms with E-state index in [4.69, 9.17) is 0 Å². The van der Waals surface area contributed by atoms with Gasteiger partial charge in [0.25, 0.3) is 0 Å². The van der Waals surface area contributed by atoms with Crippen LogP contribution in [0.1, 0.15) is 37.9 Å². The largest absolute Gasteiger partial charge is 0.389 e. The zero-order valence-corrected chi connectivity index (χ0v) is 12.4. The van der Waals surface area contributed by atoms with Crippen molar-refractivity contribution in [3.63, 3.8) is 0 Å². The van der Waals surface area contributed by atoms with Gasteiger partial charge in [0.2, 0.25) is 0 Å². The van der Waals surface area contributed by atoms with Crippen LogP contribution in [0.3, 0.4) is 0 Å². The van der Waals surface area contributed by atoms with Gasteiger partial charge in [-0.15, -0.1) is 0 Å². The number of aliphatic hydroxyl groups excluding tert-OH is 1. The fourth-order valence-corrected chi connectivity index (χ4v) is 2.72. The molecule has 0 spiro atoms. The summed E-state index contributed by atoms with van der Waals surface area (Å²) >= 11 is 0. The minimum absolute atomic E-state index is 0.305. The second-order valence-electron chi connectivity index (χ2n) is 5.95. The summed E-state index contributed by atoms with van der Waals surface area (Å²) in [6.45, 7) is 2.76. The van der Waals surface area contributed by atoms with E-state index >= 15 is 0 Å². The number of aliphatic hydroxyl groups is 1. The Morgan fingerprint density at radius 3 is 2.37 bits per heavy atom. The van der Waals surface area contributed by atoms with Crippen LogP contribution in [-0.2, 0) is 0 Å². The monoisotopic (exact) mass is 263 g/mol. The molecule has 1 heterocycles. The minimum atomic E-state index is -0.452. The summed E-state index contributed by atoms with van der Waals surface area (Å²) in [5.74, 6) is 0.970. The number of pyridine rings is 1. The van der Waals surface area contributed by atoms with Gasteiger partial charge in [0.15, 0.2) is 0 Å². The molecule has 2 rings (SSSR count). The molecule has 0 amide bonds. The number of hydrogen-bond donors (Lipinski definition) is 1. The van der Waals surface area contributed by atoms with Crippen molar-refractivity contribution in [3.05, 3.63) is 23.9 Å². The SMILES string of the molecule is CC(O)c1ccc(N(C)CC2(N(C)C)CCC2)nc1. The highest BCUT2D eigenvalue weighted by Crippen LogP contribution is 2.37. The average molecular weight is 263 g/mol. The van der Waals surface area contributed by atoms with Crippen molar-refractivity contribution in [3.8, 4) is 0 Å². The Balaban J connectivity index is 2.05. The highest BCUT2D eigenvalue weighted by atomic mass is 16.3. The molecule has 1 aromatic rings. The zero-order valence-electron chi connectivity index (χ0n) is 12.4. The molecule has 0 bridgehead atoms. The number of nitrogens with zero attached hydrogens (tertiary/aromatic N) is 3. The van der Waals surface area contributed by atoms with E-state index in [1.807, 2.05) is 12.1 Å². The Bertz CT molecular complexity index is 410. The summed E-state index contributed by atoms with van der Waals surface area (Å²) in [5.41, 5.74) is 1.17. The quantitative estimate of drug-likeness (QED) is 0.882. The Labute approximate surface area is 116 Å². The molecular weight excluding hydrogens is 238 g/mol. The van der Waals surface area contributed by atoms with Crippen LogP contribution in [0.15, 0.2) is 18.3 Å². The van der Waals surface area contributed by atoms with Crippen molar-refractivity contribution in [1.29, 1.82) is 0 Å². The molecular formula is C15H25N3O. The van der Waals surface area contributed by atoms with E-state index in [0.29, 0.717) is 5.54 Å². The second kappa shape index (κ2) is 5.47. The van der Waals surface area contributed by atoms with Crippen LogP contribution < -0.4 is 4.90 Å². The number of aromatic nitrogens is 1. The lowest BCUT2D eigenvalue weighted by atomic mass is 9.75. The molecule has 19 heavy (non-hydrogen) atoms. The molecule has 0 aliphatic heterocycles. The topological polar surface area (TPSA) is 39.6 Å². The van der Waals surface area contributed by atoms with Gasteiger partial charge in [0.1, 0.15) is 5.82 Å². The molecule has 0 aromatic carbocycles. The summed E-state index contributed by atoms with van der Waals surface area (Å²) < 4.78 is 0. The van der Waals surface area contributed by atoms with E-state index in [0.717, 1.165) is 17.9 Å². The van der Waals surface area contributed by atoms with Gasteiger partial charge in [-0.2, -0.15) is 0 Å². The molecule has 1 atom stereocenters. The number of anilines is 1. The van der Waals surface area contributed by atoms with Crippen molar-refractivity contribution in [2.75, 3.05) is 32.6 Å². The van der Waals surface area contributed by atoms with Gasteiger partial charge in [-0.25, -0.2) is 4.98 Å². The van der Waals surface area contributed by atoms with E-state index in [1.54, 1.807) is 13.1 Å². The average Bonchev–Trinajstić information content (AvgIpc) is 2.33. The molecule has 1 aliphatic rings. The molecule has 1 aromatic heterocycles. The third-order valence-electron chi connectivity index (χ3n) is 4.41. The summed E-state index contributed by atoms with van der Waals surface area (Å²) in [6, 6.07) is 3.94. The minimum Gasteiger partial charge on any atom is -0.389 e. The van der Waals surface area contributed by atoms with Gasteiger partial charge in [-0.3, -0.25) is 0 Å². The maximum atomic E-state index is 9.50. The van der Waals surface area contributed by atoms with E-state index in [2.05, 4.69) is 35.9 Å². The first kappa shape index (κ1) is 14.3. The molecule has 4 heteroatoms. The summed E-state index contributed by atoms with van der Waals surface area (Å²) in [4.78, 5) is 9.01. The summed E-state index contributed by atoms with van der Waals surface area (Å²) in [5, 5.41) is 9.50. The molecule has 1 unspecified atom stereocenters. The van der Waals surface area contributed by atoms with Crippen LogP contribution in [0.5, 0.6) is 0 Å². The number of rotatable bonds is 5. The van der Waals surface area contributed by atoms with Crippen molar-refractivity contribution in [1.82, 2.24) is 9.88 Å². The lowest BCUT2D eigenvalue weighted by Crippen LogP contribution is -2.56. The molecule has 1 fully saturated rings. The Hall–Kier alpha value is -1.13. The predicted octanol–water partition coefficient (Wildman–Crippen LogP) is 2.06. The fourth-order valence-electron chi connectivity index (χ4n) is 2.72. The van der Waals surface area contributed by atoms with E-state index in [-0.39, 0.29) is 0 Å². The molecule has 1 aliphatic carbocycles. The smallest absolute Gasteiger partial charge is 0.128 e. The third-order valence-corrected chi connectivity index (χ3v) is 4.41. The van der Waals surface area contributed by atoms with Crippen molar-refractivity contribution in [2.45, 2.75) is 37.8 Å². The maximum Gasteiger partial charge on any atom is 0.128 e. The first-order chi connectivity index (χ1) is 8.94. The highest BCUT2D eigenvalue weighted by Gasteiger charge is 2.40. The van der Waals surface area contributed by atoms with E-state index in [1.165, 1.54) is 19.3 Å². The van der Waals surface area contributed by atoms with Crippen LogP contribution in [-0.4, -0.2) is 48.2 Å². The van der Waals surface area contributed by atoms with Crippen molar-refractivity contribution in [2.24, 2.45) is 0 Å². The van der Waals surface area contributed by atoms with Crippen molar-refractivity contribution >= 4 is 5.82 Å². The fraction of sp³-hybridized carbons (Fsp3) is 0.667. The van der Waals surface area contributed by atoms with Crippen LogP contribution >= 0.6 is 0 Å². The molecule has 1 N–H and O–H groups in total. The molecule has 106 valence electrons. The molecule has 4 nitrogen and oxygen atoms in total. The Kier molecular flexibility index (Phi) is 4.11. The van der Waals surface area contributed by atoms with Gasteiger partial charge in [0.05, 0.1) is 6.10 Å². The van der Waals surface area contributed by atoms with Gasteiger partial charge >= 0.3 is 0 Å². The normalized spacial score (nSPS) is 19.1. The van der Waals surface area contributed by atoms with Gasteiger partial charge in [-0.05, 0) is 51.9 Å². The highest BCUT2D eigenvalue weighted by molar-refractivity contribution is 5.39. The number of hydrogen-bond acceptors (Lipinski definition) is 4. The van der Waals surface area contributed by atoms with Crippen LogP contribution in [0, 0.1) is 0 Å². The number of likely N-dealkylation sites (N-methyl/N-ethyl adjacent to an activating group) is 2. The van der Waals surface area contributed by atoms with Gasteiger partial charge in [0, 0.05) is 25.3 Å². The van der Waals surface area contributed by atoms with Crippen LogP contribution in [0.25, 0.3) is 0 Å². The van der Waals surface area contributed by atoms with Crippen LogP contribution in [0.4, 0.5) is 5.82 Å². The lowest BCUT2D eigenvalue weighted by molar-refractivity contribution is 0.0682. The van der Waals surface area contributed by atoms with Crippen molar-refractivity contribution < 1.29 is 5.11 Å². The van der Waals surface area contributed by atoms with Gasteiger partial charge in [-0.1, -0.05) is 6.07 Å². The third kappa shape index (κ3) is 2.90. The second-order valence-corrected chi connectivity index (χ2v) is 5.95. The molecule has 0 saturated heterocycles.